The Morgan fingerprint density at radius 1 is 0.962 bits per heavy atom. The molecule has 0 saturated carbocycles. The van der Waals surface area contributed by atoms with Crippen LogP contribution < -0.4 is 0 Å². The summed E-state index contributed by atoms with van der Waals surface area (Å²) in [7, 11) is -3.88. The van der Waals surface area contributed by atoms with Crippen LogP contribution in [0.4, 0.5) is 0 Å². The molecule has 1 N–H and O–H groups in total. The number of hydrogen-bond acceptors (Lipinski definition) is 11. The van der Waals surface area contributed by atoms with Crippen molar-refractivity contribution in [2.24, 2.45) is 0 Å². The summed E-state index contributed by atoms with van der Waals surface area (Å²) < 4.78 is 61.2. The Labute approximate surface area is 149 Å². The number of rotatable bonds is 7. The van der Waals surface area contributed by atoms with Gasteiger partial charge in [-0.25, -0.2) is 4.18 Å². The van der Waals surface area contributed by atoms with Gasteiger partial charge in [-0.05, 0) is 0 Å². The van der Waals surface area contributed by atoms with Crippen LogP contribution in [-0.2, 0) is 52.7 Å². The molecule has 0 amide bonds. The van der Waals surface area contributed by atoms with Crippen LogP contribution >= 0.6 is 0 Å². The van der Waals surface area contributed by atoms with E-state index in [-0.39, 0.29) is 0 Å². The number of ether oxygens (including phenoxy) is 5. The lowest BCUT2D eigenvalue weighted by molar-refractivity contribution is -0.296. The fourth-order valence-corrected chi connectivity index (χ4v) is 2.80. The molecule has 150 valence electrons. The molecule has 0 aromatic carbocycles. The summed E-state index contributed by atoms with van der Waals surface area (Å²) in [6, 6.07) is 0. The molecule has 1 fully saturated rings. The minimum Gasteiger partial charge on any atom is -0.463 e. The van der Waals surface area contributed by atoms with E-state index in [1.54, 1.807) is 0 Å². The quantitative estimate of drug-likeness (QED) is 0.315. The molecule has 5 atom stereocenters. The zero-order valence-corrected chi connectivity index (χ0v) is 15.3. The molecule has 1 aliphatic heterocycles. The average Bonchev–Trinajstić information content (AvgIpc) is 2.47. The first-order valence-electron chi connectivity index (χ1n) is 7.26. The number of methoxy groups -OCH3 is 1. The zero-order valence-electron chi connectivity index (χ0n) is 14.4. The number of hydrogen-bond donors (Lipinski definition) is 1. The largest absolute Gasteiger partial charge is 0.463 e. The fourth-order valence-electron chi connectivity index (χ4n) is 2.30. The lowest BCUT2D eigenvalue weighted by atomic mass is 9.98. The predicted octanol–water partition coefficient (Wildman–Crippen LogP) is -1.03. The molecule has 1 rings (SSSR count). The molecule has 0 spiro atoms. The first kappa shape index (κ1) is 22.2. The summed E-state index contributed by atoms with van der Waals surface area (Å²) in [6.45, 7) is 2.72. The summed E-state index contributed by atoms with van der Waals surface area (Å²) in [5, 5.41) is 0. The Kier molecular flexibility index (Phi) is 7.89. The Morgan fingerprint density at radius 3 is 1.92 bits per heavy atom. The Morgan fingerprint density at radius 2 is 1.50 bits per heavy atom. The summed E-state index contributed by atoms with van der Waals surface area (Å²) in [5.74, 6) is -2.38. The Hall–Kier alpha value is -1.80. The standard InChI is InChI=1S/C13H20O12S/c1-6(14)21-5-9-10(22-7(2)15)11(25-26(17,18)19)12(23-8(3)16)13(20-4)24-9/h9-13H,5H2,1-4H3,(H,17,18,19)/t9-,10+,11+,12-,13+/m1/s1. The van der Waals surface area contributed by atoms with E-state index in [1.807, 2.05) is 0 Å². The van der Waals surface area contributed by atoms with Crippen molar-refractivity contribution >= 4 is 28.3 Å². The van der Waals surface area contributed by atoms with E-state index in [0.29, 0.717) is 0 Å². The van der Waals surface area contributed by atoms with E-state index in [2.05, 4.69) is 4.18 Å². The fraction of sp³-hybridized carbons (Fsp3) is 0.769. The molecule has 0 aromatic heterocycles. The third kappa shape index (κ3) is 6.84. The average molecular weight is 400 g/mol. The van der Waals surface area contributed by atoms with Crippen LogP contribution in [0.2, 0.25) is 0 Å². The second kappa shape index (κ2) is 9.23. The molecule has 0 radical (unpaired) electrons. The second-order valence-electron chi connectivity index (χ2n) is 5.22. The summed E-state index contributed by atoms with van der Waals surface area (Å²) >= 11 is 0. The van der Waals surface area contributed by atoms with E-state index in [0.717, 1.165) is 20.8 Å². The van der Waals surface area contributed by atoms with Crippen molar-refractivity contribution in [2.75, 3.05) is 13.7 Å². The van der Waals surface area contributed by atoms with Gasteiger partial charge in [-0.3, -0.25) is 18.9 Å². The third-order valence-electron chi connectivity index (χ3n) is 3.11. The molecule has 12 nitrogen and oxygen atoms in total. The molecule has 0 bridgehead atoms. The second-order valence-corrected chi connectivity index (χ2v) is 6.27. The minimum absolute atomic E-state index is 0.453. The number of carbonyl (C=O) groups is 3. The van der Waals surface area contributed by atoms with Crippen molar-refractivity contribution in [3.05, 3.63) is 0 Å². The highest BCUT2D eigenvalue weighted by atomic mass is 32.3. The zero-order chi connectivity index (χ0) is 20.1. The molecule has 0 aliphatic carbocycles. The van der Waals surface area contributed by atoms with Gasteiger partial charge >= 0.3 is 28.3 Å². The molecular weight excluding hydrogens is 380 g/mol. The van der Waals surface area contributed by atoms with Gasteiger partial charge in [-0.15, -0.1) is 0 Å². The van der Waals surface area contributed by atoms with Gasteiger partial charge in [0.15, 0.2) is 24.6 Å². The molecule has 26 heavy (non-hydrogen) atoms. The van der Waals surface area contributed by atoms with Crippen LogP contribution in [-0.4, -0.2) is 75.3 Å². The van der Waals surface area contributed by atoms with Crippen LogP contribution in [0.3, 0.4) is 0 Å². The van der Waals surface area contributed by atoms with Gasteiger partial charge in [0, 0.05) is 27.9 Å². The summed E-state index contributed by atoms with van der Waals surface area (Å²) in [5.41, 5.74) is 0. The number of esters is 3. The SMILES string of the molecule is CO[C@H]1O[C@H](COC(C)=O)[C@H](OC(C)=O)[C@H](OS(=O)(=O)O)[C@H]1OC(C)=O. The predicted molar refractivity (Wildman–Crippen MR) is 79.8 cm³/mol. The molecule has 1 aliphatic rings. The van der Waals surface area contributed by atoms with Crippen LogP contribution in [0.5, 0.6) is 0 Å². The van der Waals surface area contributed by atoms with Crippen LogP contribution in [0.15, 0.2) is 0 Å². The van der Waals surface area contributed by atoms with Gasteiger partial charge in [0.1, 0.15) is 12.7 Å². The van der Waals surface area contributed by atoms with Crippen LogP contribution in [0, 0.1) is 0 Å². The highest BCUT2D eigenvalue weighted by Crippen LogP contribution is 2.30. The van der Waals surface area contributed by atoms with Crippen LogP contribution in [0.1, 0.15) is 20.8 Å². The van der Waals surface area contributed by atoms with Gasteiger partial charge in [0.2, 0.25) is 0 Å². The van der Waals surface area contributed by atoms with Gasteiger partial charge in [-0.1, -0.05) is 0 Å². The van der Waals surface area contributed by atoms with Gasteiger partial charge < -0.3 is 23.7 Å². The van der Waals surface area contributed by atoms with Gasteiger partial charge in [0.05, 0.1) is 0 Å². The molecule has 1 saturated heterocycles. The third-order valence-corrected chi connectivity index (χ3v) is 3.58. The first-order chi connectivity index (χ1) is 11.9. The Bertz CT molecular complexity index is 629. The highest BCUT2D eigenvalue weighted by molar-refractivity contribution is 7.80. The van der Waals surface area contributed by atoms with Crippen molar-refractivity contribution in [1.82, 2.24) is 0 Å². The summed E-state index contributed by atoms with van der Waals surface area (Å²) in [4.78, 5) is 33.8. The molecule has 1 heterocycles. The van der Waals surface area contributed by atoms with E-state index >= 15 is 0 Å². The Balaban J connectivity index is 3.28. The monoisotopic (exact) mass is 400 g/mol. The van der Waals surface area contributed by atoms with Crippen molar-refractivity contribution in [3.8, 4) is 0 Å². The lowest BCUT2D eigenvalue weighted by Crippen LogP contribution is -2.62. The topological polar surface area (TPSA) is 161 Å². The first-order valence-corrected chi connectivity index (χ1v) is 8.63. The van der Waals surface area contributed by atoms with E-state index in [9.17, 15) is 22.8 Å². The highest BCUT2D eigenvalue weighted by Gasteiger charge is 2.53. The maximum atomic E-state index is 11.4. The maximum absolute atomic E-state index is 11.4. The molecule has 0 aromatic rings. The number of carbonyl (C=O) groups excluding carboxylic acids is 3. The summed E-state index contributed by atoms with van der Waals surface area (Å²) in [6.07, 6.45) is -7.34. The maximum Gasteiger partial charge on any atom is 0.397 e. The van der Waals surface area contributed by atoms with E-state index in [1.165, 1.54) is 7.11 Å². The van der Waals surface area contributed by atoms with Crippen LogP contribution in [0.25, 0.3) is 0 Å². The molecule has 0 unspecified atom stereocenters. The van der Waals surface area contributed by atoms with E-state index < -0.39 is 65.6 Å². The minimum atomic E-state index is -5.05. The van der Waals surface area contributed by atoms with Gasteiger partial charge in [-0.2, -0.15) is 8.42 Å². The smallest absolute Gasteiger partial charge is 0.397 e. The van der Waals surface area contributed by atoms with Crippen molar-refractivity contribution in [3.63, 3.8) is 0 Å². The normalized spacial score (nSPS) is 28.9. The van der Waals surface area contributed by atoms with Gasteiger partial charge in [0.25, 0.3) is 0 Å². The lowest BCUT2D eigenvalue weighted by Gasteiger charge is -2.43. The van der Waals surface area contributed by atoms with Crippen molar-refractivity contribution in [1.29, 1.82) is 0 Å². The van der Waals surface area contributed by atoms with Crippen molar-refractivity contribution < 1.29 is 55.2 Å². The molecule has 13 heteroatoms. The molecular formula is C13H20O12S. The van der Waals surface area contributed by atoms with Crippen molar-refractivity contribution in [2.45, 2.75) is 51.5 Å². The van der Waals surface area contributed by atoms with E-state index in [4.69, 9.17) is 28.2 Å².